The average molecular weight is 647 g/mol. The Labute approximate surface area is 295 Å². The summed E-state index contributed by atoms with van der Waals surface area (Å²) in [4.78, 5) is 0. The minimum Gasteiger partial charge on any atom is -0.309 e. The third kappa shape index (κ3) is 3.24. The Morgan fingerprint density at radius 2 is 0.686 bits per heavy atom. The van der Waals surface area contributed by atoms with Crippen molar-refractivity contribution in [2.45, 2.75) is 5.41 Å². The summed E-state index contributed by atoms with van der Waals surface area (Å²) < 4.78 is 5.06. The number of fused-ring (bicyclic) bond motifs is 18. The number of hydrogen-bond acceptors (Lipinski definition) is 0. The molecule has 2 heteroatoms. The molecule has 10 aromatic rings. The van der Waals surface area contributed by atoms with E-state index in [0.29, 0.717) is 0 Å². The zero-order chi connectivity index (χ0) is 33.3. The fraction of sp³-hybridized carbons (Fsp3) is 0.0204. The summed E-state index contributed by atoms with van der Waals surface area (Å²) in [6.45, 7) is 0. The van der Waals surface area contributed by atoms with Crippen LogP contribution in [0.2, 0.25) is 0 Å². The number of benzene rings is 8. The molecule has 12 rings (SSSR count). The molecule has 236 valence electrons. The van der Waals surface area contributed by atoms with Crippen molar-refractivity contribution in [3.8, 4) is 33.6 Å². The molecule has 8 aromatic carbocycles. The number of nitrogens with zero attached hydrogens (tertiary/aromatic N) is 2. The first-order valence-electron chi connectivity index (χ1n) is 17.8. The van der Waals surface area contributed by atoms with Crippen LogP contribution in [0, 0.1) is 0 Å². The fourth-order valence-corrected chi connectivity index (χ4v) is 9.91. The van der Waals surface area contributed by atoms with Gasteiger partial charge in [-0.1, -0.05) is 146 Å². The van der Waals surface area contributed by atoms with E-state index in [1.807, 2.05) is 0 Å². The first-order valence-corrected chi connectivity index (χ1v) is 17.8. The Balaban J connectivity index is 1.38. The highest BCUT2D eigenvalue weighted by Crippen LogP contribution is 2.66. The van der Waals surface area contributed by atoms with Crippen molar-refractivity contribution >= 4 is 43.6 Å². The summed E-state index contributed by atoms with van der Waals surface area (Å²) in [5.74, 6) is 0. The van der Waals surface area contributed by atoms with Crippen LogP contribution >= 0.6 is 0 Å². The molecule has 0 amide bonds. The lowest BCUT2D eigenvalue weighted by Gasteiger charge is -2.32. The topological polar surface area (TPSA) is 9.86 Å². The molecule has 2 nitrogen and oxygen atoms in total. The molecule has 0 atom stereocenters. The Hall–Kier alpha value is -6.64. The highest BCUT2D eigenvalue weighted by atomic mass is 15.0. The van der Waals surface area contributed by atoms with Gasteiger partial charge in [-0.3, -0.25) is 0 Å². The van der Waals surface area contributed by atoms with E-state index in [0.717, 1.165) is 0 Å². The lowest BCUT2D eigenvalue weighted by molar-refractivity contribution is 0.800. The Bertz CT molecular complexity index is 2860. The van der Waals surface area contributed by atoms with E-state index in [2.05, 4.69) is 191 Å². The summed E-state index contributed by atoms with van der Waals surface area (Å²) in [6.07, 6.45) is 0. The Kier molecular flexibility index (Phi) is 5.20. The summed E-state index contributed by atoms with van der Waals surface area (Å²) in [5.41, 5.74) is 17.4. The van der Waals surface area contributed by atoms with Gasteiger partial charge in [0.1, 0.15) is 0 Å². The maximum atomic E-state index is 2.53. The molecule has 0 radical (unpaired) electrons. The molecule has 1 spiro atoms. The maximum absolute atomic E-state index is 2.53. The van der Waals surface area contributed by atoms with Gasteiger partial charge in [-0.25, -0.2) is 0 Å². The van der Waals surface area contributed by atoms with Crippen LogP contribution in [0.1, 0.15) is 22.3 Å². The van der Waals surface area contributed by atoms with Crippen LogP contribution in [0.15, 0.2) is 182 Å². The number of aromatic nitrogens is 2. The maximum Gasteiger partial charge on any atom is 0.0767 e. The molecule has 0 saturated heterocycles. The molecule has 0 saturated carbocycles. The molecule has 0 bridgehead atoms. The summed E-state index contributed by atoms with van der Waals surface area (Å²) in [5, 5.41) is 5.10. The fourth-order valence-electron chi connectivity index (χ4n) is 9.91. The van der Waals surface area contributed by atoms with E-state index >= 15 is 0 Å². The molecule has 2 aliphatic rings. The predicted molar refractivity (Wildman–Crippen MR) is 211 cm³/mol. The van der Waals surface area contributed by atoms with Crippen molar-refractivity contribution in [3.63, 3.8) is 0 Å². The Morgan fingerprint density at radius 1 is 0.294 bits per heavy atom. The van der Waals surface area contributed by atoms with Gasteiger partial charge >= 0.3 is 0 Å². The highest BCUT2D eigenvalue weighted by molar-refractivity contribution is 6.18. The highest BCUT2D eigenvalue weighted by Gasteiger charge is 2.54. The van der Waals surface area contributed by atoms with Crippen LogP contribution in [-0.4, -0.2) is 9.13 Å². The lowest BCUT2D eigenvalue weighted by atomic mass is 9.69. The third-order valence-electron chi connectivity index (χ3n) is 11.7. The monoisotopic (exact) mass is 646 g/mol. The smallest absolute Gasteiger partial charge is 0.0767 e. The van der Waals surface area contributed by atoms with Crippen molar-refractivity contribution in [1.29, 1.82) is 0 Å². The molecule has 2 aliphatic carbocycles. The average Bonchev–Trinajstić information content (AvgIpc) is 3.90. The standard InChI is InChI=1S/C49H30N2/c1-3-15-31(16-4-1)50-43-25-13-9-21-35(43)39-29-27-37-33-19-7-11-23-41(33)49(45(37)47(39)50)42-24-12-8-20-34(42)38-28-30-40-36-22-10-14-26-44(36)51(48(40)46(38)49)32-17-5-2-6-18-32/h1-30H. The van der Waals surface area contributed by atoms with Gasteiger partial charge in [-0.2, -0.15) is 0 Å². The van der Waals surface area contributed by atoms with Gasteiger partial charge in [0.05, 0.1) is 27.5 Å². The van der Waals surface area contributed by atoms with E-state index in [1.165, 1.54) is 99.5 Å². The molecule has 2 aromatic heterocycles. The van der Waals surface area contributed by atoms with Crippen LogP contribution in [0.5, 0.6) is 0 Å². The second-order valence-corrected chi connectivity index (χ2v) is 14.0. The van der Waals surface area contributed by atoms with Gasteiger partial charge in [-0.05, 0) is 69.8 Å². The largest absolute Gasteiger partial charge is 0.309 e. The second kappa shape index (κ2) is 9.74. The first-order chi connectivity index (χ1) is 25.4. The minimum absolute atomic E-state index is 0.571. The molecular weight excluding hydrogens is 617 g/mol. The third-order valence-corrected chi connectivity index (χ3v) is 11.7. The van der Waals surface area contributed by atoms with E-state index in [9.17, 15) is 0 Å². The quantitative estimate of drug-likeness (QED) is 0.177. The molecule has 0 N–H and O–H groups in total. The van der Waals surface area contributed by atoms with Crippen LogP contribution in [0.4, 0.5) is 0 Å². The molecule has 0 unspecified atom stereocenters. The number of para-hydroxylation sites is 4. The van der Waals surface area contributed by atoms with Crippen molar-refractivity contribution in [1.82, 2.24) is 9.13 Å². The van der Waals surface area contributed by atoms with E-state index in [1.54, 1.807) is 0 Å². The lowest BCUT2D eigenvalue weighted by Crippen LogP contribution is -2.27. The summed E-state index contributed by atoms with van der Waals surface area (Å²) in [6, 6.07) is 67.7. The van der Waals surface area contributed by atoms with Crippen molar-refractivity contribution in [3.05, 3.63) is 204 Å². The van der Waals surface area contributed by atoms with Crippen LogP contribution < -0.4 is 0 Å². The SMILES string of the molecule is c1ccc(-n2c3ccccc3c3ccc4c(c32)C2(c3ccccc3-4)c3ccccc3-c3ccc4c5ccccc5n(-c5ccccc5)c4c32)cc1. The van der Waals surface area contributed by atoms with Crippen LogP contribution in [0.25, 0.3) is 77.2 Å². The first kappa shape index (κ1) is 27.2. The second-order valence-electron chi connectivity index (χ2n) is 14.0. The van der Waals surface area contributed by atoms with E-state index < -0.39 is 5.41 Å². The van der Waals surface area contributed by atoms with E-state index in [-0.39, 0.29) is 0 Å². The predicted octanol–water partition coefficient (Wildman–Crippen LogP) is 12.2. The van der Waals surface area contributed by atoms with Crippen molar-refractivity contribution in [2.24, 2.45) is 0 Å². The number of hydrogen-bond donors (Lipinski definition) is 0. The van der Waals surface area contributed by atoms with Gasteiger partial charge in [0, 0.05) is 44.0 Å². The zero-order valence-electron chi connectivity index (χ0n) is 27.7. The molecule has 51 heavy (non-hydrogen) atoms. The minimum atomic E-state index is -0.571. The van der Waals surface area contributed by atoms with Crippen LogP contribution in [0.3, 0.4) is 0 Å². The Morgan fingerprint density at radius 3 is 1.16 bits per heavy atom. The van der Waals surface area contributed by atoms with Gasteiger partial charge in [-0.15, -0.1) is 0 Å². The van der Waals surface area contributed by atoms with E-state index in [4.69, 9.17) is 0 Å². The van der Waals surface area contributed by atoms with Gasteiger partial charge in [0.2, 0.25) is 0 Å². The van der Waals surface area contributed by atoms with Gasteiger partial charge < -0.3 is 9.13 Å². The molecule has 2 heterocycles. The molecule has 0 aliphatic heterocycles. The summed E-state index contributed by atoms with van der Waals surface area (Å²) >= 11 is 0. The zero-order valence-corrected chi connectivity index (χ0v) is 27.7. The van der Waals surface area contributed by atoms with Gasteiger partial charge in [0.15, 0.2) is 0 Å². The molecule has 0 fully saturated rings. The number of rotatable bonds is 2. The normalized spacial score (nSPS) is 13.6. The van der Waals surface area contributed by atoms with Crippen LogP contribution in [-0.2, 0) is 5.41 Å². The van der Waals surface area contributed by atoms with Crippen molar-refractivity contribution in [2.75, 3.05) is 0 Å². The van der Waals surface area contributed by atoms with Crippen molar-refractivity contribution < 1.29 is 0 Å². The molecular formula is C49H30N2. The summed E-state index contributed by atoms with van der Waals surface area (Å²) in [7, 11) is 0. The van der Waals surface area contributed by atoms with Gasteiger partial charge in [0.25, 0.3) is 0 Å².